The third kappa shape index (κ3) is 2.80. The quantitative estimate of drug-likeness (QED) is 0.767. The van der Waals surface area contributed by atoms with E-state index in [1.165, 1.54) is 0 Å². The lowest BCUT2D eigenvalue weighted by atomic mass is 10.1. The van der Waals surface area contributed by atoms with Crippen LogP contribution in [0.1, 0.15) is 5.69 Å². The number of carbonyl (C=O) groups is 1. The van der Waals surface area contributed by atoms with E-state index in [4.69, 9.17) is 27.2 Å². The van der Waals surface area contributed by atoms with Crippen LogP contribution in [0.3, 0.4) is 0 Å². The van der Waals surface area contributed by atoms with Gasteiger partial charge in [-0.25, -0.2) is 4.98 Å². The van der Waals surface area contributed by atoms with Gasteiger partial charge in [0.1, 0.15) is 5.75 Å². The molecule has 23 heavy (non-hydrogen) atoms. The van der Waals surface area contributed by atoms with E-state index in [1.54, 1.807) is 35.9 Å². The summed E-state index contributed by atoms with van der Waals surface area (Å²) in [7, 11) is 1.57. The number of methoxy groups -OCH3 is 1. The topological polar surface area (TPSA) is 89.9 Å². The fourth-order valence-electron chi connectivity index (χ4n) is 2.43. The second kappa shape index (κ2) is 5.81. The number of halogens is 1. The summed E-state index contributed by atoms with van der Waals surface area (Å²) in [4.78, 5) is 15.2. The lowest BCUT2D eigenvalue weighted by molar-refractivity contribution is -0.136. The molecule has 0 saturated heterocycles. The second-order valence-electron chi connectivity index (χ2n) is 5.02. The zero-order valence-electron chi connectivity index (χ0n) is 12.3. The molecule has 0 aliphatic heterocycles. The summed E-state index contributed by atoms with van der Waals surface area (Å²) in [5, 5.41) is 9.45. The first-order valence-electron chi connectivity index (χ1n) is 6.81. The molecule has 3 N–H and O–H groups in total. The molecular weight excluding hydrogens is 318 g/mol. The number of carboxylic acid groups (broad SMARTS) is 1. The van der Waals surface area contributed by atoms with Crippen molar-refractivity contribution in [2.75, 3.05) is 12.8 Å². The van der Waals surface area contributed by atoms with Crippen LogP contribution in [0.5, 0.6) is 5.75 Å². The van der Waals surface area contributed by atoms with Gasteiger partial charge >= 0.3 is 5.97 Å². The number of ether oxygens (including phenoxy) is 1. The van der Waals surface area contributed by atoms with Crippen LogP contribution in [0.4, 0.5) is 5.69 Å². The number of aliphatic carboxylic acids is 1. The number of nitrogens with two attached hydrogens (primary N) is 1. The van der Waals surface area contributed by atoms with E-state index in [9.17, 15) is 4.79 Å². The van der Waals surface area contributed by atoms with Crippen LogP contribution in [0.2, 0.25) is 5.02 Å². The minimum atomic E-state index is -0.948. The van der Waals surface area contributed by atoms with E-state index in [-0.39, 0.29) is 6.42 Å². The predicted molar refractivity (Wildman–Crippen MR) is 87.9 cm³/mol. The van der Waals surface area contributed by atoms with Gasteiger partial charge in [-0.3, -0.25) is 9.20 Å². The van der Waals surface area contributed by atoms with Gasteiger partial charge < -0.3 is 15.6 Å². The van der Waals surface area contributed by atoms with Crippen LogP contribution < -0.4 is 10.5 Å². The Labute approximate surface area is 137 Å². The van der Waals surface area contributed by atoms with Crippen LogP contribution in [0.15, 0.2) is 36.5 Å². The molecular formula is C16H14ClN3O3. The van der Waals surface area contributed by atoms with E-state index in [0.717, 1.165) is 11.3 Å². The first-order chi connectivity index (χ1) is 11.0. The number of nitrogen functional groups attached to an aromatic ring is 1. The molecule has 0 amide bonds. The summed E-state index contributed by atoms with van der Waals surface area (Å²) in [6.45, 7) is 0. The van der Waals surface area contributed by atoms with Gasteiger partial charge in [-0.1, -0.05) is 11.6 Å². The zero-order chi connectivity index (χ0) is 16.6. The highest BCUT2D eigenvalue weighted by molar-refractivity contribution is 6.33. The molecule has 0 spiro atoms. The third-order valence-electron chi connectivity index (χ3n) is 3.48. The molecule has 6 nitrogen and oxygen atoms in total. The number of pyridine rings is 1. The standard InChI is InChI=1S/C16H14ClN3O3/c1-23-10-2-3-11(12(17)7-10)14-5-4-13(18)16-19-9(6-15(21)22)8-20(14)16/h2-5,7-8H,6,18H2,1H3,(H,21,22). The molecule has 0 aliphatic rings. The van der Waals surface area contributed by atoms with Crippen LogP contribution in [0, 0.1) is 0 Å². The fourth-order valence-corrected chi connectivity index (χ4v) is 2.70. The van der Waals surface area contributed by atoms with Gasteiger partial charge in [-0.05, 0) is 30.3 Å². The maximum atomic E-state index is 10.9. The number of hydrogen-bond donors (Lipinski definition) is 2. The molecule has 0 unspecified atom stereocenters. The van der Waals surface area contributed by atoms with E-state index in [0.29, 0.717) is 27.8 Å². The van der Waals surface area contributed by atoms with Crippen LogP contribution in [0.25, 0.3) is 16.9 Å². The highest BCUT2D eigenvalue weighted by atomic mass is 35.5. The van der Waals surface area contributed by atoms with E-state index in [1.807, 2.05) is 12.1 Å². The molecule has 2 aromatic heterocycles. The third-order valence-corrected chi connectivity index (χ3v) is 3.79. The smallest absolute Gasteiger partial charge is 0.309 e. The van der Waals surface area contributed by atoms with Gasteiger partial charge in [0, 0.05) is 11.8 Å². The van der Waals surface area contributed by atoms with Gasteiger partial charge in [0.15, 0.2) is 5.65 Å². The van der Waals surface area contributed by atoms with Crippen molar-refractivity contribution in [1.29, 1.82) is 0 Å². The maximum absolute atomic E-state index is 10.9. The average Bonchev–Trinajstić information content (AvgIpc) is 2.92. The second-order valence-corrected chi connectivity index (χ2v) is 5.42. The summed E-state index contributed by atoms with van der Waals surface area (Å²) in [6.07, 6.45) is 1.49. The summed E-state index contributed by atoms with van der Waals surface area (Å²) < 4.78 is 6.90. The van der Waals surface area contributed by atoms with E-state index >= 15 is 0 Å². The summed E-state index contributed by atoms with van der Waals surface area (Å²) in [5.41, 5.74) is 8.90. The molecule has 0 atom stereocenters. The Kier molecular flexibility index (Phi) is 3.83. The highest BCUT2D eigenvalue weighted by Gasteiger charge is 2.14. The summed E-state index contributed by atoms with van der Waals surface area (Å²) in [6, 6.07) is 8.90. The lowest BCUT2D eigenvalue weighted by Gasteiger charge is -2.10. The number of imidazole rings is 1. The molecule has 2 heterocycles. The Morgan fingerprint density at radius 1 is 1.39 bits per heavy atom. The number of rotatable bonds is 4. The van der Waals surface area contributed by atoms with E-state index in [2.05, 4.69) is 4.98 Å². The molecule has 0 fully saturated rings. The Bertz CT molecular complexity index is 905. The van der Waals surface area contributed by atoms with Crippen molar-refractivity contribution in [2.24, 2.45) is 0 Å². The minimum Gasteiger partial charge on any atom is -0.497 e. The number of carboxylic acids is 1. The fraction of sp³-hybridized carbons (Fsp3) is 0.125. The Morgan fingerprint density at radius 2 is 2.17 bits per heavy atom. The highest BCUT2D eigenvalue weighted by Crippen LogP contribution is 2.32. The van der Waals surface area contributed by atoms with Gasteiger partial charge in [-0.15, -0.1) is 0 Å². The van der Waals surface area contributed by atoms with Gasteiger partial charge in [0.2, 0.25) is 0 Å². The summed E-state index contributed by atoms with van der Waals surface area (Å²) >= 11 is 6.33. The molecule has 0 radical (unpaired) electrons. The molecule has 1 aromatic carbocycles. The van der Waals surface area contributed by atoms with Crippen molar-refractivity contribution in [3.63, 3.8) is 0 Å². The normalized spacial score (nSPS) is 10.9. The lowest BCUT2D eigenvalue weighted by Crippen LogP contribution is -1.99. The van der Waals surface area contributed by atoms with Crippen molar-refractivity contribution in [1.82, 2.24) is 9.38 Å². The maximum Gasteiger partial charge on any atom is 0.309 e. The first kappa shape index (κ1) is 15.2. The predicted octanol–water partition coefficient (Wildman–Crippen LogP) is 2.87. The molecule has 7 heteroatoms. The number of hydrogen-bond acceptors (Lipinski definition) is 4. The van der Waals surface area contributed by atoms with Gasteiger partial charge in [-0.2, -0.15) is 0 Å². The van der Waals surface area contributed by atoms with Crippen LogP contribution in [-0.4, -0.2) is 27.6 Å². The number of fused-ring (bicyclic) bond motifs is 1. The van der Waals surface area contributed by atoms with Crippen molar-refractivity contribution in [3.8, 4) is 17.0 Å². The van der Waals surface area contributed by atoms with Gasteiger partial charge in [0.25, 0.3) is 0 Å². The Morgan fingerprint density at radius 3 is 2.83 bits per heavy atom. The molecule has 118 valence electrons. The Hall–Kier alpha value is -2.73. The first-order valence-corrected chi connectivity index (χ1v) is 7.19. The average molecular weight is 332 g/mol. The molecule has 0 saturated carbocycles. The minimum absolute atomic E-state index is 0.170. The van der Waals surface area contributed by atoms with Crippen molar-refractivity contribution < 1.29 is 14.6 Å². The zero-order valence-corrected chi connectivity index (χ0v) is 13.0. The molecule has 3 rings (SSSR count). The largest absolute Gasteiger partial charge is 0.497 e. The van der Waals surface area contributed by atoms with Crippen molar-refractivity contribution >= 4 is 28.9 Å². The number of anilines is 1. The molecule has 0 bridgehead atoms. The SMILES string of the molecule is COc1ccc(-c2ccc(N)c3nc(CC(=O)O)cn23)c(Cl)c1. The molecule has 0 aliphatic carbocycles. The summed E-state index contributed by atoms with van der Waals surface area (Å²) in [5.74, 6) is -0.293. The monoisotopic (exact) mass is 331 g/mol. The van der Waals surface area contributed by atoms with Crippen molar-refractivity contribution in [2.45, 2.75) is 6.42 Å². The Balaban J connectivity index is 2.19. The number of aromatic nitrogens is 2. The van der Waals surface area contributed by atoms with Gasteiger partial charge in [0.05, 0.1) is 35.6 Å². The molecule has 3 aromatic rings. The number of nitrogens with zero attached hydrogens (tertiary/aromatic N) is 2. The van der Waals surface area contributed by atoms with Crippen LogP contribution >= 0.6 is 11.6 Å². The van der Waals surface area contributed by atoms with E-state index < -0.39 is 5.97 Å². The van der Waals surface area contributed by atoms with Crippen LogP contribution in [-0.2, 0) is 11.2 Å². The van der Waals surface area contributed by atoms with Crippen molar-refractivity contribution in [3.05, 3.63) is 47.2 Å². The number of benzene rings is 1.